The predicted octanol–water partition coefficient (Wildman–Crippen LogP) is 2.20. The van der Waals surface area contributed by atoms with Gasteiger partial charge in [-0.25, -0.2) is 0 Å². The third kappa shape index (κ3) is 3.44. The van der Waals surface area contributed by atoms with E-state index in [1.54, 1.807) is 0 Å². The maximum atomic E-state index is 11.8. The van der Waals surface area contributed by atoms with Gasteiger partial charge in [0.05, 0.1) is 0 Å². The van der Waals surface area contributed by atoms with Crippen molar-refractivity contribution in [2.45, 2.75) is 57.8 Å². The minimum atomic E-state index is 0.150. The Balaban J connectivity index is 1.60. The van der Waals surface area contributed by atoms with Crippen molar-refractivity contribution in [1.29, 1.82) is 0 Å². The van der Waals surface area contributed by atoms with E-state index in [-0.39, 0.29) is 11.3 Å². The third-order valence-corrected chi connectivity index (χ3v) is 4.73. The fourth-order valence-electron chi connectivity index (χ4n) is 3.25. The normalized spacial score (nSPS) is 23.4. The summed E-state index contributed by atoms with van der Waals surface area (Å²) < 4.78 is 0. The molecular weight excluding hydrogens is 212 g/mol. The molecule has 0 saturated heterocycles. The van der Waals surface area contributed by atoms with Gasteiger partial charge < -0.3 is 11.1 Å². The van der Waals surface area contributed by atoms with Gasteiger partial charge in [0.15, 0.2) is 0 Å². The minimum Gasteiger partial charge on any atom is -0.356 e. The molecule has 2 aliphatic carbocycles. The lowest BCUT2D eigenvalue weighted by Gasteiger charge is -2.40. The number of hydrogen-bond donors (Lipinski definition) is 2. The largest absolute Gasteiger partial charge is 0.356 e. The molecule has 98 valence electrons. The topological polar surface area (TPSA) is 55.1 Å². The molecule has 0 atom stereocenters. The molecule has 2 saturated carbocycles. The maximum Gasteiger partial charge on any atom is 0.220 e. The second kappa shape index (κ2) is 5.85. The molecule has 17 heavy (non-hydrogen) atoms. The van der Waals surface area contributed by atoms with Gasteiger partial charge >= 0.3 is 0 Å². The van der Waals surface area contributed by atoms with E-state index in [4.69, 9.17) is 5.73 Å². The van der Waals surface area contributed by atoms with Gasteiger partial charge in [0, 0.05) is 13.0 Å². The minimum absolute atomic E-state index is 0.150. The molecular formula is C14H26N2O. The molecule has 0 aromatic heterocycles. The molecule has 0 heterocycles. The van der Waals surface area contributed by atoms with Crippen molar-refractivity contribution in [3.05, 3.63) is 0 Å². The lowest BCUT2D eigenvalue weighted by molar-refractivity contribution is -0.124. The van der Waals surface area contributed by atoms with Crippen LogP contribution < -0.4 is 11.1 Å². The standard InChI is InChI=1S/C14H26N2O/c15-11-14(7-3-8-14)10-13(17)16-9-6-12-4-1-2-5-12/h12H,1-11,15H2,(H,16,17). The fourth-order valence-corrected chi connectivity index (χ4v) is 3.25. The fraction of sp³-hybridized carbons (Fsp3) is 0.929. The highest BCUT2D eigenvalue weighted by Gasteiger charge is 2.37. The van der Waals surface area contributed by atoms with Crippen LogP contribution in [0.15, 0.2) is 0 Å². The van der Waals surface area contributed by atoms with Crippen molar-refractivity contribution < 1.29 is 4.79 Å². The lowest BCUT2D eigenvalue weighted by Crippen LogP contribution is -2.42. The Kier molecular flexibility index (Phi) is 4.43. The number of carbonyl (C=O) groups is 1. The van der Waals surface area contributed by atoms with E-state index in [1.165, 1.54) is 38.5 Å². The molecule has 3 N–H and O–H groups in total. The molecule has 1 amide bonds. The van der Waals surface area contributed by atoms with Crippen molar-refractivity contribution in [2.24, 2.45) is 17.1 Å². The zero-order valence-corrected chi connectivity index (χ0v) is 10.8. The highest BCUT2D eigenvalue weighted by Crippen LogP contribution is 2.42. The summed E-state index contributed by atoms with van der Waals surface area (Å²) in [5.74, 6) is 1.08. The molecule has 0 aromatic carbocycles. The number of amides is 1. The van der Waals surface area contributed by atoms with Gasteiger partial charge in [-0.3, -0.25) is 4.79 Å². The van der Waals surface area contributed by atoms with Gasteiger partial charge in [-0.1, -0.05) is 32.1 Å². The van der Waals surface area contributed by atoms with Crippen LogP contribution in [0.2, 0.25) is 0 Å². The van der Waals surface area contributed by atoms with Crippen LogP contribution in [0.25, 0.3) is 0 Å². The number of nitrogens with one attached hydrogen (secondary N) is 1. The van der Waals surface area contributed by atoms with Crippen molar-refractivity contribution in [3.63, 3.8) is 0 Å². The van der Waals surface area contributed by atoms with Crippen molar-refractivity contribution in [1.82, 2.24) is 5.32 Å². The molecule has 0 radical (unpaired) electrons. The smallest absolute Gasteiger partial charge is 0.220 e. The van der Waals surface area contributed by atoms with E-state index in [0.717, 1.165) is 25.3 Å². The molecule has 0 bridgehead atoms. The Morgan fingerprint density at radius 3 is 2.47 bits per heavy atom. The van der Waals surface area contributed by atoms with E-state index in [0.29, 0.717) is 13.0 Å². The van der Waals surface area contributed by atoms with E-state index < -0.39 is 0 Å². The summed E-state index contributed by atoms with van der Waals surface area (Å²) in [5.41, 5.74) is 5.92. The van der Waals surface area contributed by atoms with Crippen molar-refractivity contribution >= 4 is 5.91 Å². The molecule has 2 aliphatic rings. The van der Waals surface area contributed by atoms with Gasteiger partial charge in [-0.15, -0.1) is 0 Å². The summed E-state index contributed by atoms with van der Waals surface area (Å²) in [6, 6.07) is 0. The summed E-state index contributed by atoms with van der Waals surface area (Å²) in [4.78, 5) is 11.8. The lowest BCUT2D eigenvalue weighted by atomic mass is 9.66. The molecule has 3 nitrogen and oxygen atoms in total. The molecule has 0 spiro atoms. The molecule has 0 aliphatic heterocycles. The second-order valence-corrected chi connectivity index (χ2v) is 6.02. The van der Waals surface area contributed by atoms with Crippen LogP contribution in [0.4, 0.5) is 0 Å². The molecule has 0 unspecified atom stereocenters. The SMILES string of the molecule is NCC1(CC(=O)NCCC2CCCC2)CCC1. The quantitative estimate of drug-likeness (QED) is 0.745. The first kappa shape index (κ1) is 12.9. The number of hydrogen-bond acceptors (Lipinski definition) is 2. The van der Waals surface area contributed by atoms with E-state index >= 15 is 0 Å². The molecule has 3 heteroatoms. The monoisotopic (exact) mass is 238 g/mol. The van der Waals surface area contributed by atoms with Crippen molar-refractivity contribution in [3.8, 4) is 0 Å². The van der Waals surface area contributed by atoms with Crippen molar-refractivity contribution in [2.75, 3.05) is 13.1 Å². The van der Waals surface area contributed by atoms with Gasteiger partial charge in [0.2, 0.25) is 5.91 Å². The Hall–Kier alpha value is -0.570. The molecule has 0 aromatic rings. The highest BCUT2D eigenvalue weighted by atomic mass is 16.1. The zero-order valence-electron chi connectivity index (χ0n) is 10.8. The highest BCUT2D eigenvalue weighted by molar-refractivity contribution is 5.76. The summed E-state index contributed by atoms with van der Waals surface area (Å²) in [5, 5.41) is 3.07. The van der Waals surface area contributed by atoms with E-state index in [9.17, 15) is 4.79 Å². The van der Waals surface area contributed by atoms with Gasteiger partial charge in [0.1, 0.15) is 0 Å². The third-order valence-electron chi connectivity index (χ3n) is 4.73. The summed E-state index contributed by atoms with van der Waals surface area (Å²) >= 11 is 0. The summed E-state index contributed by atoms with van der Waals surface area (Å²) in [6.45, 7) is 1.53. The first-order valence-corrected chi connectivity index (χ1v) is 7.21. The Morgan fingerprint density at radius 1 is 1.24 bits per heavy atom. The van der Waals surface area contributed by atoms with E-state index in [1.807, 2.05) is 0 Å². The van der Waals surface area contributed by atoms with Gasteiger partial charge in [-0.2, -0.15) is 0 Å². The Bertz CT molecular complexity index is 249. The van der Waals surface area contributed by atoms with Crippen LogP contribution in [-0.4, -0.2) is 19.0 Å². The first-order chi connectivity index (χ1) is 8.24. The first-order valence-electron chi connectivity index (χ1n) is 7.21. The van der Waals surface area contributed by atoms with Gasteiger partial charge in [0.25, 0.3) is 0 Å². The van der Waals surface area contributed by atoms with Crippen LogP contribution in [-0.2, 0) is 4.79 Å². The Labute approximate surface area is 105 Å². The summed E-state index contributed by atoms with van der Waals surface area (Å²) in [7, 11) is 0. The number of rotatable bonds is 6. The van der Waals surface area contributed by atoms with Crippen LogP contribution >= 0.6 is 0 Å². The second-order valence-electron chi connectivity index (χ2n) is 6.02. The predicted molar refractivity (Wildman–Crippen MR) is 69.5 cm³/mol. The Morgan fingerprint density at radius 2 is 1.94 bits per heavy atom. The molecule has 2 fully saturated rings. The van der Waals surface area contributed by atoms with Crippen LogP contribution in [0.5, 0.6) is 0 Å². The zero-order chi connectivity index (χ0) is 12.1. The number of carbonyl (C=O) groups excluding carboxylic acids is 1. The van der Waals surface area contributed by atoms with Crippen LogP contribution in [0, 0.1) is 11.3 Å². The van der Waals surface area contributed by atoms with Crippen LogP contribution in [0.3, 0.4) is 0 Å². The maximum absolute atomic E-state index is 11.8. The van der Waals surface area contributed by atoms with Crippen LogP contribution in [0.1, 0.15) is 57.8 Å². The average Bonchev–Trinajstić information content (AvgIpc) is 2.76. The number of nitrogens with two attached hydrogens (primary N) is 1. The molecule has 2 rings (SSSR count). The summed E-state index contributed by atoms with van der Waals surface area (Å²) in [6.07, 6.45) is 10.8. The average molecular weight is 238 g/mol. The van der Waals surface area contributed by atoms with Gasteiger partial charge in [-0.05, 0) is 37.1 Å². The van der Waals surface area contributed by atoms with E-state index in [2.05, 4.69) is 5.32 Å².